The van der Waals surface area contributed by atoms with Crippen LogP contribution in [-0.2, 0) is 7.05 Å². The lowest BCUT2D eigenvalue weighted by Crippen LogP contribution is -2.37. The van der Waals surface area contributed by atoms with Crippen molar-refractivity contribution in [3.63, 3.8) is 0 Å². The molecule has 0 atom stereocenters. The fourth-order valence-corrected chi connectivity index (χ4v) is 6.73. The van der Waals surface area contributed by atoms with Gasteiger partial charge in [-0.05, 0) is 48.4 Å². The van der Waals surface area contributed by atoms with Gasteiger partial charge >= 0.3 is 0 Å². The van der Waals surface area contributed by atoms with E-state index in [0.29, 0.717) is 0 Å². The standard InChI is InChI=1S/C34H33N2Si/c1-24-13-9-10-16-28(24)32-23-30(25-14-7-6-8-15-25)33-29-17-11-12-18-31(29)36(34(33)35(32)2)26-19-21-27(22-20-26)37(3,4)5/h6-23H,1-5H3/q+1. The summed E-state index contributed by atoms with van der Waals surface area (Å²) in [6, 6.07) is 40.0. The van der Waals surface area contributed by atoms with Gasteiger partial charge in [-0.15, -0.1) is 0 Å². The Hall–Kier alpha value is -3.95. The maximum atomic E-state index is 2.45. The monoisotopic (exact) mass is 497 g/mol. The molecule has 3 heteroatoms. The molecule has 0 radical (unpaired) electrons. The first kappa shape index (κ1) is 23.4. The van der Waals surface area contributed by atoms with Crippen molar-refractivity contribution in [2.24, 2.45) is 7.05 Å². The van der Waals surface area contributed by atoms with Gasteiger partial charge in [-0.3, -0.25) is 0 Å². The van der Waals surface area contributed by atoms with Crippen LogP contribution in [0, 0.1) is 6.92 Å². The van der Waals surface area contributed by atoms with E-state index in [1.165, 1.54) is 60.8 Å². The third-order valence-electron chi connectivity index (χ3n) is 7.58. The molecule has 0 amide bonds. The number of hydrogen-bond donors (Lipinski definition) is 0. The van der Waals surface area contributed by atoms with Crippen molar-refractivity contribution in [1.82, 2.24) is 4.57 Å². The van der Waals surface area contributed by atoms with Gasteiger partial charge in [-0.2, -0.15) is 4.57 Å². The molecule has 2 nitrogen and oxygen atoms in total. The highest BCUT2D eigenvalue weighted by molar-refractivity contribution is 6.88. The molecule has 0 aliphatic heterocycles. The first-order chi connectivity index (χ1) is 17.8. The van der Waals surface area contributed by atoms with E-state index in [-0.39, 0.29) is 0 Å². The van der Waals surface area contributed by atoms with Crippen molar-refractivity contribution >= 4 is 35.2 Å². The highest BCUT2D eigenvalue weighted by Crippen LogP contribution is 2.39. The largest absolute Gasteiger partial charge is 0.296 e. The van der Waals surface area contributed by atoms with E-state index >= 15 is 0 Å². The van der Waals surface area contributed by atoms with Gasteiger partial charge in [0.2, 0.25) is 0 Å². The van der Waals surface area contributed by atoms with E-state index in [1.807, 2.05) is 0 Å². The van der Waals surface area contributed by atoms with Crippen LogP contribution in [0.3, 0.4) is 0 Å². The van der Waals surface area contributed by atoms with Gasteiger partial charge in [0.25, 0.3) is 5.65 Å². The first-order valence-electron chi connectivity index (χ1n) is 13.0. The van der Waals surface area contributed by atoms with Crippen molar-refractivity contribution in [1.29, 1.82) is 0 Å². The Morgan fingerprint density at radius 2 is 1.32 bits per heavy atom. The second-order valence-electron chi connectivity index (χ2n) is 11.0. The molecule has 0 unspecified atom stereocenters. The predicted octanol–water partition coefficient (Wildman–Crippen LogP) is 7.80. The number of rotatable bonds is 4. The van der Waals surface area contributed by atoms with Crippen LogP contribution in [-0.4, -0.2) is 12.6 Å². The quantitative estimate of drug-likeness (QED) is 0.174. The van der Waals surface area contributed by atoms with E-state index in [9.17, 15) is 0 Å². The minimum absolute atomic E-state index is 1.20. The number of aromatic nitrogens is 2. The molecular formula is C34H33N2Si+. The van der Waals surface area contributed by atoms with E-state index in [4.69, 9.17) is 0 Å². The van der Waals surface area contributed by atoms with Gasteiger partial charge in [-0.1, -0.05) is 104 Å². The molecule has 0 aliphatic rings. The molecule has 37 heavy (non-hydrogen) atoms. The molecule has 182 valence electrons. The van der Waals surface area contributed by atoms with Crippen LogP contribution in [0.2, 0.25) is 19.6 Å². The summed E-state index contributed by atoms with van der Waals surface area (Å²) in [5.74, 6) is 0. The molecule has 4 aromatic carbocycles. The fourth-order valence-electron chi connectivity index (χ4n) is 5.57. The molecule has 2 heterocycles. The first-order valence-corrected chi connectivity index (χ1v) is 16.5. The zero-order valence-corrected chi connectivity index (χ0v) is 23.3. The number of hydrogen-bond acceptors (Lipinski definition) is 0. The van der Waals surface area contributed by atoms with E-state index in [2.05, 4.69) is 152 Å². The minimum atomic E-state index is -1.39. The molecule has 0 spiro atoms. The Morgan fingerprint density at radius 3 is 2.03 bits per heavy atom. The number of nitrogens with zero attached hydrogens (tertiary/aromatic N) is 2. The second-order valence-corrected chi connectivity index (χ2v) is 16.1. The maximum absolute atomic E-state index is 2.45. The van der Waals surface area contributed by atoms with Crippen LogP contribution in [0.4, 0.5) is 0 Å². The third-order valence-corrected chi connectivity index (χ3v) is 9.64. The Balaban J connectivity index is 1.78. The number of aryl methyl sites for hydroxylation is 2. The van der Waals surface area contributed by atoms with E-state index in [0.717, 1.165) is 0 Å². The number of pyridine rings is 1. The second kappa shape index (κ2) is 8.86. The Labute approximate surface area is 220 Å². The highest BCUT2D eigenvalue weighted by Gasteiger charge is 2.28. The molecule has 6 rings (SSSR count). The van der Waals surface area contributed by atoms with E-state index < -0.39 is 8.07 Å². The number of fused-ring (bicyclic) bond motifs is 3. The van der Waals surface area contributed by atoms with Crippen LogP contribution in [0.1, 0.15) is 5.56 Å². The number of para-hydroxylation sites is 1. The molecule has 0 saturated heterocycles. The predicted molar refractivity (Wildman–Crippen MR) is 161 cm³/mol. The van der Waals surface area contributed by atoms with Gasteiger partial charge < -0.3 is 0 Å². The molecule has 0 bridgehead atoms. The van der Waals surface area contributed by atoms with Gasteiger partial charge in [0.15, 0.2) is 0 Å². The van der Waals surface area contributed by atoms with Crippen LogP contribution in [0.25, 0.3) is 50.0 Å². The van der Waals surface area contributed by atoms with E-state index in [1.54, 1.807) is 0 Å². The Bertz CT molecular complexity index is 1750. The molecule has 0 N–H and O–H groups in total. The van der Waals surface area contributed by atoms with Crippen molar-refractivity contribution in [2.75, 3.05) is 0 Å². The summed E-state index contributed by atoms with van der Waals surface area (Å²) in [5.41, 5.74) is 9.89. The minimum Gasteiger partial charge on any atom is -0.229 e. The topological polar surface area (TPSA) is 8.81 Å². The van der Waals surface area contributed by atoms with Crippen molar-refractivity contribution < 1.29 is 4.57 Å². The molecule has 0 fully saturated rings. The van der Waals surface area contributed by atoms with Crippen molar-refractivity contribution in [3.05, 3.63) is 115 Å². The summed E-state index contributed by atoms with van der Waals surface area (Å²) in [7, 11) is 0.827. The molecule has 6 aromatic rings. The molecular weight excluding hydrogens is 464 g/mol. The summed E-state index contributed by atoms with van der Waals surface area (Å²) >= 11 is 0. The smallest absolute Gasteiger partial charge is 0.229 e. The third kappa shape index (κ3) is 3.91. The van der Waals surface area contributed by atoms with Crippen LogP contribution in [0.15, 0.2) is 109 Å². The lowest BCUT2D eigenvalue weighted by atomic mass is 9.97. The maximum Gasteiger partial charge on any atom is 0.296 e. The lowest BCUT2D eigenvalue weighted by Gasteiger charge is -2.16. The average molecular weight is 498 g/mol. The van der Waals surface area contributed by atoms with Crippen LogP contribution < -0.4 is 9.75 Å². The SMILES string of the molecule is Cc1ccccc1-c1cc(-c2ccccc2)c2c3ccccc3n(-c3ccc([Si](C)(C)C)cc3)c2[n+]1C. The highest BCUT2D eigenvalue weighted by atomic mass is 28.3. The lowest BCUT2D eigenvalue weighted by molar-refractivity contribution is -0.636. The fraction of sp³-hybridized carbons (Fsp3) is 0.147. The summed E-state index contributed by atoms with van der Waals surface area (Å²) in [5, 5.41) is 4.04. The summed E-state index contributed by atoms with van der Waals surface area (Å²) in [6.07, 6.45) is 0. The van der Waals surface area contributed by atoms with Gasteiger partial charge in [-0.25, -0.2) is 4.57 Å². The molecule has 0 aliphatic carbocycles. The summed E-state index contributed by atoms with van der Waals surface area (Å²) in [4.78, 5) is 0. The van der Waals surface area contributed by atoms with Crippen LogP contribution in [0.5, 0.6) is 0 Å². The van der Waals surface area contributed by atoms with Crippen LogP contribution >= 0.6 is 0 Å². The zero-order chi connectivity index (χ0) is 25.7. The average Bonchev–Trinajstić information content (AvgIpc) is 3.25. The summed E-state index contributed by atoms with van der Waals surface area (Å²) < 4.78 is 4.84. The molecule has 2 aromatic heterocycles. The normalized spacial score (nSPS) is 11.9. The van der Waals surface area contributed by atoms with Gasteiger partial charge in [0.05, 0.1) is 20.5 Å². The van der Waals surface area contributed by atoms with Crippen molar-refractivity contribution in [3.8, 4) is 28.1 Å². The van der Waals surface area contributed by atoms with Crippen molar-refractivity contribution in [2.45, 2.75) is 26.6 Å². The zero-order valence-electron chi connectivity index (χ0n) is 22.3. The Kier molecular flexibility index (Phi) is 5.61. The molecule has 0 saturated carbocycles. The van der Waals surface area contributed by atoms with Gasteiger partial charge in [0, 0.05) is 16.5 Å². The van der Waals surface area contributed by atoms with Gasteiger partial charge in [0.1, 0.15) is 16.9 Å². The summed E-state index contributed by atoms with van der Waals surface area (Å²) in [6.45, 7) is 9.42. The number of benzene rings is 4. The Morgan fingerprint density at radius 1 is 0.676 bits per heavy atom.